The number of anilines is 2. The van der Waals surface area contributed by atoms with E-state index in [1.165, 1.54) is 6.92 Å². The first-order valence-electron chi connectivity index (χ1n) is 9.14. The second-order valence-electron chi connectivity index (χ2n) is 6.33. The zero-order chi connectivity index (χ0) is 21.3. The fraction of sp³-hybridized carbons (Fsp3) is 0.300. The van der Waals surface area contributed by atoms with Gasteiger partial charge in [-0.1, -0.05) is 25.1 Å². The Bertz CT molecular complexity index is 915. The maximum Gasteiger partial charge on any atom is 0.310 e. The molecule has 0 spiro atoms. The number of likely N-dealkylation sites (N-methyl/N-ethyl adjacent to an activating group) is 1. The molecule has 0 aliphatic rings. The molecule has 0 heterocycles. The standard InChI is InChI=1S/C20H25N3O5S/c1-3-23(13-14-29(26,27)28-19-7-5-4-6-8-19)15-20(25)22-18-11-9-17(10-12-18)21-16(2)24/h4-12H,3,13-15H2,1-2H3,(H,21,24)(H,22,25). The number of nitrogens with zero attached hydrogens (tertiary/aromatic N) is 1. The fourth-order valence-corrected chi connectivity index (χ4v) is 3.47. The van der Waals surface area contributed by atoms with E-state index in [2.05, 4.69) is 10.6 Å². The van der Waals surface area contributed by atoms with Gasteiger partial charge in [-0.25, -0.2) is 0 Å². The highest BCUT2D eigenvalue weighted by atomic mass is 32.2. The number of amides is 2. The molecule has 8 nitrogen and oxygen atoms in total. The first-order chi connectivity index (χ1) is 13.8. The van der Waals surface area contributed by atoms with Gasteiger partial charge in [-0.15, -0.1) is 0 Å². The minimum atomic E-state index is -3.76. The lowest BCUT2D eigenvalue weighted by atomic mass is 10.2. The van der Waals surface area contributed by atoms with E-state index < -0.39 is 10.1 Å². The van der Waals surface area contributed by atoms with Crippen LogP contribution in [-0.2, 0) is 19.7 Å². The molecule has 29 heavy (non-hydrogen) atoms. The zero-order valence-corrected chi connectivity index (χ0v) is 17.2. The van der Waals surface area contributed by atoms with Crippen LogP contribution in [0, 0.1) is 0 Å². The SMILES string of the molecule is CCN(CCS(=O)(=O)Oc1ccccc1)CC(=O)Nc1ccc(NC(C)=O)cc1. The Morgan fingerprint density at radius 1 is 0.966 bits per heavy atom. The lowest BCUT2D eigenvalue weighted by Gasteiger charge is -2.19. The first kappa shape index (κ1) is 22.4. The van der Waals surface area contributed by atoms with Crippen LogP contribution in [0.2, 0.25) is 0 Å². The highest BCUT2D eigenvalue weighted by molar-refractivity contribution is 7.87. The second kappa shape index (κ2) is 10.6. The van der Waals surface area contributed by atoms with Crippen LogP contribution in [0.15, 0.2) is 54.6 Å². The Labute approximate surface area is 171 Å². The van der Waals surface area contributed by atoms with Crippen molar-refractivity contribution in [3.05, 3.63) is 54.6 Å². The van der Waals surface area contributed by atoms with E-state index in [0.717, 1.165) is 0 Å². The van der Waals surface area contributed by atoms with Crippen molar-refractivity contribution in [2.75, 3.05) is 36.0 Å². The Kier molecular flexibility index (Phi) is 8.17. The minimum Gasteiger partial charge on any atom is -0.382 e. The van der Waals surface area contributed by atoms with Crippen molar-refractivity contribution in [2.24, 2.45) is 0 Å². The number of carbonyl (C=O) groups excluding carboxylic acids is 2. The van der Waals surface area contributed by atoms with Gasteiger partial charge in [-0.3, -0.25) is 14.5 Å². The zero-order valence-electron chi connectivity index (χ0n) is 16.4. The number of benzene rings is 2. The van der Waals surface area contributed by atoms with Gasteiger partial charge in [-0.2, -0.15) is 8.42 Å². The summed E-state index contributed by atoms with van der Waals surface area (Å²) in [6.07, 6.45) is 0. The third-order valence-corrected chi connectivity index (χ3v) is 5.06. The molecule has 0 atom stereocenters. The van der Waals surface area contributed by atoms with E-state index in [0.29, 0.717) is 17.9 Å². The van der Waals surface area contributed by atoms with Gasteiger partial charge in [0.25, 0.3) is 0 Å². The van der Waals surface area contributed by atoms with Gasteiger partial charge in [0.2, 0.25) is 11.8 Å². The molecule has 2 aromatic carbocycles. The van der Waals surface area contributed by atoms with Crippen molar-refractivity contribution in [3.8, 4) is 5.75 Å². The van der Waals surface area contributed by atoms with Crippen molar-refractivity contribution in [1.82, 2.24) is 4.90 Å². The van der Waals surface area contributed by atoms with Crippen LogP contribution in [0.25, 0.3) is 0 Å². The maximum atomic E-state index is 12.3. The van der Waals surface area contributed by atoms with Crippen LogP contribution < -0.4 is 14.8 Å². The Morgan fingerprint density at radius 3 is 2.10 bits per heavy atom. The van der Waals surface area contributed by atoms with Crippen molar-refractivity contribution >= 4 is 33.3 Å². The van der Waals surface area contributed by atoms with Crippen LogP contribution in [0.4, 0.5) is 11.4 Å². The lowest BCUT2D eigenvalue weighted by molar-refractivity contribution is -0.117. The van der Waals surface area contributed by atoms with Crippen LogP contribution in [0.3, 0.4) is 0 Å². The van der Waals surface area contributed by atoms with E-state index >= 15 is 0 Å². The topological polar surface area (TPSA) is 105 Å². The van der Waals surface area contributed by atoms with E-state index in [4.69, 9.17) is 4.18 Å². The van der Waals surface area contributed by atoms with E-state index in [9.17, 15) is 18.0 Å². The smallest absolute Gasteiger partial charge is 0.310 e. The largest absolute Gasteiger partial charge is 0.382 e. The van der Waals surface area contributed by atoms with Gasteiger partial charge in [-0.05, 0) is 42.9 Å². The number of nitrogens with one attached hydrogen (secondary N) is 2. The van der Waals surface area contributed by atoms with Crippen molar-refractivity contribution in [1.29, 1.82) is 0 Å². The van der Waals surface area contributed by atoms with Gasteiger partial charge >= 0.3 is 10.1 Å². The molecule has 0 bridgehead atoms. The number of hydrogen-bond acceptors (Lipinski definition) is 6. The molecule has 0 aromatic heterocycles. The van der Waals surface area contributed by atoms with Crippen molar-refractivity contribution in [2.45, 2.75) is 13.8 Å². The molecule has 2 aromatic rings. The van der Waals surface area contributed by atoms with Crippen LogP contribution >= 0.6 is 0 Å². The monoisotopic (exact) mass is 419 g/mol. The second-order valence-corrected chi connectivity index (χ2v) is 8.02. The molecule has 0 aliphatic carbocycles. The summed E-state index contributed by atoms with van der Waals surface area (Å²) in [6, 6.07) is 15.0. The number of carbonyl (C=O) groups is 2. The first-order valence-corrected chi connectivity index (χ1v) is 10.7. The summed E-state index contributed by atoms with van der Waals surface area (Å²) < 4.78 is 29.3. The number of rotatable bonds is 10. The molecule has 2 N–H and O–H groups in total. The molecule has 0 radical (unpaired) electrons. The summed E-state index contributed by atoms with van der Waals surface area (Å²) in [6.45, 7) is 3.99. The van der Waals surface area contributed by atoms with Crippen molar-refractivity contribution in [3.63, 3.8) is 0 Å². The molecule has 2 rings (SSSR count). The average Bonchev–Trinajstić information content (AvgIpc) is 2.66. The highest BCUT2D eigenvalue weighted by Crippen LogP contribution is 2.14. The van der Waals surface area contributed by atoms with E-state index in [1.54, 1.807) is 59.5 Å². The predicted molar refractivity (Wildman–Crippen MR) is 112 cm³/mol. The molecule has 0 fully saturated rings. The predicted octanol–water partition coefficient (Wildman–Crippen LogP) is 2.31. The Morgan fingerprint density at radius 2 is 1.55 bits per heavy atom. The maximum absolute atomic E-state index is 12.3. The summed E-state index contributed by atoms with van der Waals surface area (Å²) in [5.41, 5.74) is 1.22. The third-order valence-electron chi connectivity index (χ3n) is 3.93. The fourth-order valence-electron chi connectivity index (χ4n) is 2.50. The Balaban J connectivity index is 1.83. The molecule has 0 saturated carbocycles. The highest BCUT2D eigenvalue weighted by Gasteiger charge is 2.17. The van der Waals surface area contributed by atoms with Crippen molar-refractivity contribution < 1.29 is 22.2 Å². The quantitative estimate of drug-likeness (QED) is 0.573. The average molecular weight is 420 g/mol. The summed E-state index contributed by atoms with van der Waals surface area (Å²) in [5, 5.41) is 5.40. The Hall–Kier alpha value is -2.91. The van der Waals surface area contributed by atoms with Gasteiger partial charge in [0.05, 0.1) is 12.3 Å². The molecule has 0 saturated heterocycles. The number of hydrogen-bond donors (Lipinski definition) is 2. The summed E-state index contributed by atoms with van der Waals surface area (Å²) in [4.78, 5) is 25.0. The summed E-state index contributed by atoms with van der Waals surface area (Å²) in [7, 11) is -3.76. The molecule has 156 valence electrons. The van der Waals surface area contributed by atoms with Gasteiger partial charge < -0.3 is 14.8 Å². The van der Waals surface area contributed by atoms with Gasteiger partial charge in [0, 0.05) is 24.8 Å². The molecular weight excluding hydrogens is 394 g/mol. The third kappa shape index (κ3) is 8.32. The van der Waals surface area contributed by atoms with Gasteiger partial charge in [0.1, 0.15) is 5.75 Å². The van der Waals surface area contributed by atoms with Crippen LogP contribution in [0.5, 0.6) is 5.75 Å². The number of para-hydroxylation sites is 1. The minimum absolute atomic E-state index is 0.0464. The normalized spacial score (nSPS) is 11.1. The summed E-state index contributed by atoms with van der Waals surface area (Å²) >= 11 is 0. The van der Waals surface area contributed by atoms with Gasteiger partial charge in [0.15, 0.2) is 0 Å². The molecular formula is C20H25N3O5S. The van der Waals surface area contributed by atoms with Crippen LogP contribution in [-0.4, -0.2) is 50.5 Å². The van der Waals surface area contributed by atoms with Crippen LogP contribution in [0.1, 0.15) is 13.8 Å². The summed E-state index contributed by atoms with van der Waals surface area (Å²) in [5.74, 6) is -0.405. The van der Waals surface area contributed by atoms with E-state index in [-0.39, 0.29) is 36.4 Å². The molecule has 0 aliphatic heterocycles. The molecule has 9 heteroatoms. The van der Waals surface area contributed by atoms with E-state index in [1.807, 2.05) is 6.92 Å². The lowest BCUT2D eigenvalue weighted by Crippen LogP contribution is -2.37. The molecule has 0 unspecified atom stereocenters. The molecule has 2 amide bonds.